The Balaban J connectivity index is 1.68. The molecule has 1 aliphatic carbocycles. The maximum Gasteiger partial charge on any atom is 0.263 e. The molecule has 0 saturated carbocycles. The van der Waals surface area contributed by atoms with E-state index in [1.165, 1.54) is 4.90 Å². The van der Waals surface area contributed by atoms with Crippen molar-refractivity contribution in [3.63, 3.8) is 0 Å². The highest BCUT2D eigenvalue weighted by Crippen LogP contribution is 2.45. The molecule has 0 aromatic heterocycles. The van der Waals surface area contributed by atoms with Crippen LogP contribution in [0, 0.1) is 12.8 Å². The number of hydrogen-bond donors (Lipinski definition) is 1. The Hall–Kier alpha value is -2.66. The zero-order valence-electron chi connectivity index (χ0n) is 15.8. The van der Waals surface area contributed by atoms with E-state index in [0.717, 1.165) is 23.3 Å². The summed E-state index contributed by atoms with van der Waals surface area (Å²) in [7, 11) is 3.28. The fraction of sp³-hybridized carbons (Fsp3) is 0.364. The monoisotopic (exact) mass is 365 g/mol. The van der Waals surface area contributed by atoms with Gasteiger partial charge in [0.1, 0.15) is 5.75 Å². The Bertz CT molecular complexity index is 951. The molecule has 1 aliphatic heterocycles. The lowest BCUT2D eigenvalue weighted by atomic mass is 9.74. The van der Waals surface area contributed by atoms with Gasteiger partial charge in [0.15, 0.2) is 11.4 Å². The molecule has 2 aliphatic rings. The largest absolute Gasteiger partial charge is 0.496 e. The molecule has 1 N–H and O–H groups in total. The van der Waals surface area contributed by atoms with E-state index in [-0.39, 0.29) is 24.0 Å². The van der Waals surface area contributed by atoms with Gasteiger partial charge in [-0.25, -0.2) is 0 Å². The summed E-state index contributed by atoms with van der Waals surface area (Å²) < 4.78 is 5.36. The van der Waals surface area contributed by atoms with Crippen LogP contribution in [0.2, 0.25) is 0 Å². The highest BCUT2D eigenvalue weighted by Gasteiger charge is 2.50. The molecule has 5 heteroatoms. The van der Waals surface area contributed by atoms with Crippen molar-refractivity contribution in [2.24, 2.45) is 5.92 Å². The molecule has 1 heterocycles. The van der Waals surface area contributed by atoms with Gasteiger partial charge < -0.3 is 14.7 Å². The number of nitrogens with zero attached hydrogens (tertiary/aromatic N) is 1. The number of aliphatic hydroxyl groups is 1. The minimum absolute atomic E-state index is 0.00439. The van der Waals surface area contributed by atoms with Crippen LogP contribution in [0.15, 0.2) is 36.4 Å². The van der Waals surface area contributed by atoms with Crippen LogP contribution < -0.4 is 9.64 Å². The fourth-order valence-corrected chi connectivity index (χ4v) is 4.55. The number of anilines is 1. The zero-order chi connectivity index (χ0) is 19.3. The van der Waals surface area contributed by atoms with Crippen LogP contribution in [-0.2, 0) is 16.8 Å². The van der Waals surface area contributed by atoms with Crippen LogP contribution in [0.25, 0.3) is 0 Å². The van der Waals surface area contributed by atoms with Crippen LogP contribution in [0.5, 0.6) is 5.75 Å². The Morgan fingerprint density at radius 2 is 1.96 bits per heavy atom. The number of ketones is 1. The molecule has 2 aromatic rings. The van der Waals surface area contributed by atoms with Gasteiger partial charge in [0, 0.05) is 24.1 Å². The highest BCUT2D eigenvalue weighted by molar-refractivity contribution is 6.07. The highest BCUT2D eigenvalue weighted by atomic mass is 16.5. The predicted molar refractivity (Wildman–Crippen MR) is 102 cm³/mol. The first-order chi connectivity index (χ1) is 12.9. The zero-order valence-corrected chi connectivity index (χ0v) is 15.8. The van der Waals surface area contributed by atoms with Crippen LogP contribution in [0.4, 0.5) is 5.69 Å². The standard InChI is InChI=1S/C22H23NO4/c1-13-15-9-8-14(20(24)16(15)10-11-19(13)27-3)12-22(26)17-6-4-5-7-18(17)23(2)21(22)25/h4-7,10-11,14,26H,8-9,12H2,1-3H3/t14-,22+/m0/s1. The molecule has 0 radical (unpaired) electrons. The smallest absolute Gasteiger partial charge is 0.263 e. The Labute approximate surface area is 158 Å². The molecule has 5 nitrogen and oxygen atoms in total. The van der Waals surface area contributed by atoms with Crippen molar-refractivity contribution in [2.45, 2.75) is 31.8 Å². The van der Waals surface area contributed by atoms with E-state index < -0.39 is 5.60 Å². The Morgan fingerprint density at radius 1 is 1.22 bits per heavy atom. The lowest BCUT2D eigenvalue weighted by Gasteiger charge is -2.30. The predicted octanol–water partition coefficient (Wildman–Crippen LogP) is 3.00. The van der Waals surface area contributed by atoms with Crippen molar-refractivity contribution in [1.82, 2.24) is 0 Å². The number of benzene rings is 2. The number of para-hydroxylation sites is 1. The molecule has 0 saturated heterocycles. The van der Waals surface area contributed by atoms with Crippen molar-refractivity contribution >= 4 is 17.4 Å². The van der Waals surface area contributed by atoms with Crippen molar-refractivity contribution in [1.29, 1.82) is 0 Å². The molecule has 0 fully saturated rings. The van der Waals surface area contributed by atoms with E-state index >= 15 is 0 Å². The lowest BCUT2D eigenvalue weighted by Crippen LogP contribution is -2.42. The summed E-state index contributed by atoms with van der Waals surface area (Å²) >= 11 is 0. The number of likely N-dealkylation sites (N-methyl/N-ethyl adjacent to an activating group) is 1. The third-order valence-electron chi connectivity index (χ3n) is 6.06. The number of amides is 1. The molecule has 1 amide bonds. The van der Waals surface area contributed by atoms with Crippen molar-refractivity contribution in [3.8, 4) is 5.75 Å². The van der Waals surface area contributed by atoms with Gasteiger partial charge in [0.25, 0.3) is 5.91 Å². The molecular weight excluding hydrogens is 342 g/mol. The van der Waals surface area contributed by atoms with E-state index in [9.17, 15) is 14.7 Å². The van der Waals surface area contributed by atoms with E-state index in [1.807, 2.05) is 31.2 Å². The molecule has 0 spiro atoms. The molecule has 140 valence electrons. The molecule has 0 bridgehead atoms. The summed E-state index contributed by atoms with van der Waals surface area (Å²) in [5.41, 5.74) is 2.32. The fourth-order valence-electron chi connectivity index (χ4n) is 4.55. The first-order valence-electron chi connectivity index (χ1n) is 9.19. The lowest BCUT2D eigenvalue weighted by molar-refractivity contribution is -0.137. The van der Waals surface area contributed by atoms with E-state index in [2.05, 4.69) is 0 Å². The summed E-state index contributed by atoms with van der Waals surface area (Å²) in [4.78, 5) is 27.4. The second-order valence-corrected chi connectivity index (χ2v) is 7.46. The summed E-state index contributed by atoms with van der Waals surface area (Å²) in [5.74, 6) is 0.0161. The average Bonchev–Trinajstić information content (AvgIpc) is 2.87. The molecule has 4 rings (SSSR count). The molecule has 2 atom stereocenters. The SMILES string of the molecule is COc1ccc2c(c1C)CC[C@@H](C[C@]1(O)C(=O)N(C)c3ccccc31)C2=O. The van der Waals surface area contributed by atoms with E-state index in [0.29, 0.717) is 23.2 Å². The number of hydrogen-bond acceptors (Lipinski definition) is 4. The number of fused-ring (bicyclic) bond motifs is 2. The van der Waals surface area contributed by atoms with Gasteiger partial charge >= 0.3 is 0 Å². The molecule has 0 unspecified atom stereocenters. The van der Waals surface area contributed by atoms with E-state index in [1.54, 1.807) is 26.3 Å². The van der Waals surface area contributed by atoms with Crippen molar-refractivity contribution in [3.05, 3.63) is 58.7 Å². The van der Waals surface area contributed by atoms with Gasteiger partial charge in [-0.15, -0.1) is 0 Å². The Morgan fingerprint density at radius 3 is 2.70 bits per heavy atom. The third kappa shape index (κ3) is 2.49. The number of Topliss-reactive ketones (excluding diaryl/α,β-unsaturated/α-hetero) is 1. The molecular formula is C22H23NO4. The summed E-state index contributed by atoms with van der Waals surface area (Å²) in [5, 5.41) is 11.3. The van der Waals surface area contributed by atoms with Crippen LogP contribution in [0.1, 0.15) is 39.9 Å². The Kier molecular flexibility index (Phi) is 4.07. The van der Waals surface area contributed by atoms with Crippen LogP contribution in [0.3, 0.4) is 0 Å². The molecule has 2 aromatic carbocycles. The average molecular weight is 365 g/mol. The normalized spacial score (nSPS) is 24.0. The number of rotatable bonds is 3. The number of ether oxygens (including phenoxy) is 1. The van der Waals surface area contributed by atoms with Crippen LogP contribution in [-0.4, -0.2) is 31.0 Å². The number of methoxy groups -OCH3 is 1. The van der Waals surface area contributed by atoms with Gasteiger partial charge in [-0.05, 0) is 55.5 Å². The molecule has 27 heavy (non-hydrogen) atoms. The van der Waals surface area contributed by atoms with Gasteiger partial charge in [0.2, 0.25) is 0 Å². The number of carbonyl (C=O) groups is 2. The van der Waals surface area contributed by atoms with Gasteiger partial charge in [-0.2, -0.15) is 0 Å². The van der Waals surface area contributed by atoms with E-state index in [4.69, 9.17) is 4.74 Å². The van der Waals surface area contributed by atoms with Gasteiger partial charge in [-0.1, -0.05) is 18.2 Å². The van der Waals surface area contributed by atoms with Gasteiger partial charge in [-0.3, -0.25) is 9.59 Å². The summed E-state index contributed by atoms with van der Waals surface area (Å²) in [6.45, 7) is 1.96. The topological polar surface area (TPSA) is 66.8 Å². The first kappa shape index (κ1) is 17.7. The first-order valence-corrected chi connectivity index (χ1v) is 9.19. The quantitative estimate of drug-likeness (QED) is 0.908. The van der Waals surface area contributed by atoms with Crippen molar-refractivity contribution in [2.75, 3.05) is 19.1 Å². The van der Waals surface area contributed by atoms with Crippen LogP contribution >= 0.6 is 0 Å². The second kappa shape index (κ2) is 6.20. The summed E-state index contributed by atoms with van der Waals surface area (Å²) in [6, 6.07) is 10.9. The maximum atomic E-state index is 13.1. The number of carbonyl (C=O) groups excluding carboxylic acids is 2. The third-order valence-corrected chi connectivity index (χ3v) is 6.06. The maximum absolute atomic E-state index is 13.1. The summed E-state index contributed by atoms with van der Waals surface area (Å²) in [6.07, 6.45) is 1.45. The van der Waals surface area contributed by atoms with Gasteiger partial charge in [0.05, 0.1) is 12.8 Å². The van der Waals surface area contributed by atoms with Crippen molar-refractivity contribution < 1.29 is 19.4 Å². The minimum Gasteiger partial charge on any atom is -0.496 e. The second-order valence-electron chi connectivity index (χ2n) is 7.46. The minimum atomic E-state index is -1.65.